The third-order valence-corrected chi connectivity index (χ3v) is 2.97. The van der Waals surface area contributed by atoms with E-state index >= 15 is 0 Å². The van der Waals surface area contributed by atoms with Gasteiger partial charge in [0.25, 0.3) is 0 Å². The number of hydrogen-bond acceptors (Lipinski definition) is 3. The minimum atomic E-state index is 0.742. The van der Waals surface area contributed by atoms with Gasteiger partial charge in [0.2, 0.25) is 0 Å². The molecule has 1 fully saturated rings. The molecule has 0 atom stereocenters. The highest BCUT2D eigenvalue weighted by Crippen LogP contribution is 2.30. The largest absolute Gasteiger partial charge is 0.354 e. The lowest BCUT2D eigenvalue weighted by atomic mass is 10.3. The van der Waals surface area contributed by atoms with E-state index in [9.17, 15) is 0 Å². The van der Waals surface area contributed by atoms with Crippen LogP contribution in [0.5, 0.6) is 0 Å². The molecule has 0 unspecified atom stereocenters. The van der Waals surface area contributed by atoms with Gasteiger partial charge in [-0.1, -0.05) is 13.0 Å². The molecule has 1 saturated carbocycles. The Bertz CT molecular complexity index is 334. The monoisotopic (exact) mass is 219 g/mol. The number of hydrogen-bond donors (Lipinski definition) is 1. The summed E-state index contributed by atoms with van der Waals surface area (Å²) in [7, 11) is 0. The van der Waals surface area contributed by atoms with Crippen molar-refractivity contribution in [2.24, 2.45) is 0 Å². The van der Waals surface area contributed by atoms with Crippen LogP contribution in [-0.2, 0) is 6.54 Å². The summed E-state index contributed by atoms with van der Waals surface area (Å²) in [5.41, 5.74) is 1.14. The van der Waals surface area contributed by atoms with Gasteiger partial charge >= 0.3 is 0 Å². The molecule has 1 aliphatic rings. The van der Waals surface area contributed by atoms with E-state index in [1.165, 1.54) is 12.8 Å². The van der Waals surface area contributed by atoms with Crippen LogP contribution in [0.15, 0.2) is 18.2 Å². The van der Waals surface area contributed by atoms with Crippen LogP contribution in [0.1, 0.15) is 32.4 Å². The zero-order valence-electron chi connectivity index (χ0n) is 10.2. The van der Waals surface area contributed by atoms with Gasteiger partial charge in [-0.25, -0.2) is 4.98 Å². The number of nitrogens with one attached hydrogen (secondary N) is 1. The minimum absolute atomic E-state index is 0.742. The minimum Gasteiger partial charge on any atom is -0.354 e. The summed E-state index contributed by atoms with van der Waals surface area (Å²) in [6.07, 6.45) is 2.65. The van der Waals surface area contributed by atoms with Gasteiger partial charge in [-0.15, -0.1) is 0 Å². The van der Waals surface area contributed by atoms with E-state index in [1.54, 1.807) is 0 Å². The predicted molar refractivity (Wildman–Crippen MR) is 67.7 cm³/mol. The van der Waals surface area contributed by atoms with Crippen LogP contribution in [0, 0.1) is 0 Å². The number of nitrogens with zero attached hydrogens (tertiary/aromatic N) is 2. The molecule has 1 heterocycles. The Morgan fingerprint density at radius 2 is 2.19 bits per heavy atom. The Morgan fingerprint density at radius 3 is 2.81 bits per heavy atom. The highest BCUT2D eigenvalue weighted by molar-refractivity contribution is 5.42. The maximum absolute atomic E-state index is 4.71. The first-order chi connectivity index (χ1) is 7.85. The first kappa shape index (κ1) is 11.4. The van der Waals surface area contributed by atoms with E-state index in [0.29, 0.717) is 0 Å². The molecule has 0 spiro atoms. The van der Waals surface area contributed by atoms with E-state index in [1.807, 2.05) is 0 Å². The summed E-state index contributed by atoms with van der Waals surface area (Å²) in [4.78, 5) is 7.12. The molecule has 1 aromatic rings. The summed E-state index contributed by atoms with van der Waals surface area (Å²) in [5, 5.41) is 3.31. The van der Waals surface area contributed by atoms with Crippen molar-refractivity contribution >= 4 is 5.82 Å². The van der Waals surface area contributed by atoms with Crippen LogP contribution in [-0.4, -0.2) is 24.1 Å². The fourth-order valence-electron chi connectivity index (χ4n) is 1.97. The van der Waals surface area contributed by atoms with Crippen LogP contribution in [0.4, 0.5) is 5.82 Å². The zero-order valence-corrected chi connectivity index (χ0v) is 10.2. The number of anilines is 1. The molecular weight excluding hydrogens is 198 g/mol. The highest BCUT2D eigenvalue weighted by atomic mass is 15.2. The maximum Gasteiger partial charge on any atom is 0.129 e. The van der Waals surface area contributed by atoms with Gasteiger partial charge in [0.05, 0.1) is 5.69 Å². The molecule has 3 nitrogen and oxygen atoms in total. The Balaban J connectivity index is 2.07. The van der Waals surface area contributed by atoms with Crippen molar-refractivity contribution in [3.63, 3.8) is 0 Å². The van der Waals surface area contributed by atoms with Crippen molar-refractivity contribution in [1.29, 1.82) is 0 Å². The lowest BCUT2D eigenvalue weighted by molar-refractivity contribution is 0.705. The molecular formula is C13H21N3. The van der Waals surface area contributed by atoms with Crippen molar-refractivity contribution in [2.75, 3.05) is 18.0 Å². The van der Waals surface area contributed by atoms with Gasteiger partial charge < -0.3 is 10.2 Å². The molecule has 0 bridgehead atoms. The Kier molecular flexibility index (Phi) is 3.78. The van der Waals surface area contributed by atoms with Crippen LogP contribution in [0.2, 0.25) is 0 Å². The average Bonchev–Trinajstić information content (AvgIpc) is 3.12. The first-order valence-electron chi connectivity index (χ1n) is 6.28. The number of rotatable bonds is 6. The summed E-state index contributed by atoms with van der Waals surface area (Å²) >= 11 is 0. The summed E-state index contributed by atoms with van der Waals surface area (Å²) in [5.74, 6) is 1.14. The molecule has 0 saturated heterocycles. The van der Waals surface area contributed by atoms with E-state index in [2.05, 4.69) is 42.3 Å². The van der Waals surface area contributed by atoms with Crippen LogP contribution < -0.4 is 10.2 Å². The van der Waals surface area contributed by atoms with Gasteiger partial charge in [-0.2, -0.15) is 0 Å². The summed E-state index contributed by atoms with van der Waals surface area (Å²) < 4.78 is 0. The Labute approximate surface area is 97.9 Å². The van der Waals surface area contributed by atoms with Crippen molar-refractivity contribution in [2.45, 2.75) is 39.3 Å². The Morgan fingerprint density at radius 1 is 1.38 bits per heavy atom. The molecule has 3 heteroatoms. The van der Waals surface area contributed by atoms with E-state index in [0.717, 1.165) is 37.2 Å². The van der Waals surface area contributed by atoms with Crippen molar-refractivity contribution in [3.8, 4) is 0 Å². The lowest BCUT2D eigenvalue weighted by Crippen LogP contribution is -2.26. The van der Waals surface area contributed by atoms with Crippen molar-refractivity contribution in [1.82, 2.24) is 10.3 Å². The fourth-order valence-corrected chi connectivity index (χ4v) is 1.97. The molecule has 88 valence electrons. The molecule has 1 aromatic heterocycles. The highest BCUT2D eigenvalue weighted by Gasteiger charge is 2.28. The van der Waals surface area contributed by atoms with Gasteiger partial charge in [-0.05, 0) is 38.4 Å². The standard InChI is InChI=1S/C13H21N3/c1-3-14-10-11-6-5-7-13(15-11)16(4-2)12-8-9-12/h5-7,12,14H,3-4,8-10H2,1-2H3. The smallest absolute Gasteiger partial charge is 0.129 e. The number of pyridine rings is 1. The fraction of sp³-hybridized carbons (Fsp3) is 0.615. The first-order valence-corrected chi connectivity index (χ1v) is 6.28. The van der Waals surface area contributed by atoms with Gasteiger partial charge in [0.1, 0.15) is 5.82 Å². The van der Waals surface area contributed by atoms with Crippen LogP contribution >= 0.6 is 0 Å². The predicted octanol–water partition coefficient (Wildman–Crippen LogP) is 2.18. The van der Waals surface area contributed by atoms with Crippen molar-refractivity contribution in [3.05, 3.63) is 23.9 Å². The number of aromatic nitrogens is 1. The Hall–Kier alpha value is -1.09. The van der Waals surface area contributed by atoms with Crippen LogP contribution in [0.3, 0.4) is 0 Å². The normalized spacial score (nSPS) is 15.1. The van der Waals surface area contributed by atoms with Gasteiger partial charge in [-0.3, -0.25) is 0 Å². The molecule has 0 amide bonds. The summed E-state index contributed by atoms with van der Waals surface area (Å²) in [6.45, 7) is 7.24. The third kappa shape index (κ3) is 2.73. The average molecular weight is 219 g/mol. The molecule has 1 aliphatic carbocycles. The molecule has 1 N–H and O–H groups in total. The summed E-state index contributed by atoms with van der Waals surface area (Å²) in [6, 6.07) is 7.07. The SMILES string of the molecule is CCNCc1cccc(N(CC)C2CC2)n1. The van der Waals surface area contributed by atoms with Crippen LogP contribution in [0.25, 0.3) is 0 Å². The topological polar surface area (TPSA) is 28.2 Å². The lowest BCUT2D eigenvalue weighted by Gasteiger charge is -2.21. The second kappa shape index (κ2) is 5.30. The van der Waals surface area contributed by atoms with E-state index < -0.39 is 0 Å². The zero-order chi connectivity index (χ0) is 11.4. The molecule has 16 heavy (non-hydrogen) atoms. The second-order valence-electron chi connectivity index (χ2n) is 4.28. The molecule has 2 rings (SSSR count). The molecule has 0 radical (unpaired) electrons. The molecule has 0 aliphatic heterocycles. The maximum atomic E-state index is 4.71. The van der Waals surface area contributed by atoms with E-state index in [-0.39, 0.29) is 0 Å². The van der Waals surface area contributed by atoms with Gasteiger partial charge in [0, 0.05) is 19.1 Å². The molecule has 0 aromatic carbocycles. The van der Waals surface area contributed by atoms with Gasteiger partial charge in [0.15, 0.2) is 0 Å². The van der Waals surface area contributed by atoms with Crippen molar-refractivity contribution < 1.29 is 0 Å². The third-order valence-electron chi connectivity index (χ3n) is 2.97. The second-order valence-corrected chi connectivity index (χ2v) is 4.28. The quantitative estimate of drug-likeness (QED) is 0.795. The van der Waals surface area contributed by atoms with E-state index in [4.69, 9.17) is 4.98 Å².